The number of halogens is 2. The van der Waals surface area contributed by atoms with Crippen LogP contribution in [0.2, 0.25) is 0 Å². The molecule has 0 aromatic carbocycles. The van der Waals surface area contributed by atoms with Crippen molar-refractivity contribution in [3.8, 4) is 0 Å². The summed E-state index contributed by atoms with van der Waals surface area (Å²) in [4.78, 5) is 10.8. The van der Waals surface area contributed by atoms with Crippen LogP contribution in [0.4, 0.5) is 4.79 Å². The molecule has 0 fully saturated rings. The summed E-state index contributed by atoms with van der Waals surface area (Å²) in [5.41, 5.74) is 0. The van der Waals surface area contributed by atoms with Crippen LogP contribution in [0, 0.1) is 0 Å². The minimum Gasteiger partial charge on any atom is -0.418 e. The third-order valence-electron chi connectivity index (χ3n) is 0.932. The lowest BCUT2D eigenvalue weighted by atomic mass is 10.7. The third-order valence-corrected chi connectivity index (χ3v) is 1.69. The van der Waals surface area contributed by atoms with Crippen LogP contribution in [-0.4, -0.2) is 22.8 Å². The highest BCUT2D eigenvalue weighted by atomic mass is 35.5. The Morgan fingerprint density at radius 1 is 1.50 bits per heavy atom. The topological polar surface area (TPSA) is 26.3 Å². The monoisotopic (exact) mass is 186 g/mol. The molecule has 0 aliphatic carbocycles. The van der Waals surface area contributed by atoms with Crippen LogP contribution in [0.25, 0.3) is 0 Å². The molecule has 0 radical (unpaired) electrons. The van der Waals surface area contributed by atoms with Crippen molar-refractivity contribution >= 4 is 29.6 Å². The molecule has 0 aromatic heterocycles. The van der Waals surface area contributed by atoms with Gasteiger partial charge in [-0.05, 0) is 17.4 Å². The molecule has 0 aromatic rings. The molecule has 0 aliphatic rings. The first-order valence-electron chi connectivity index (χ1n) is 2.99. The van der Waals surface area contributed by atoms with Crippen LogP contribution >= 0.6 is 23.6 Å². The molecular formula is C5H10Cl2NO2+. The fourth-order valence-corrected chi connectivity index (χ4v) is 0.445. The third kappa shape index (κ3) is 2.73. The Bertz CT molecular complexity index is 127. The van der Waals surface area contributed by atoms with Gasteiger partial charge in [0.1, 0.15) is 6.54 Å². The van der Waals surface area contributed by atoms with E-state index in [1.165, 1.54) is 0 Å². The first kappa shape index (κ1) is 10.0. The van der Waals surface area contributed by atoms with Crippen LogP contribution < -0.4 is 0 Å². The zero-order valence-corrected chi connectivity index (χ0v) is 7.45. The number of rotatable bonds is 2. The van der Waals surface area contributed by atoms with Crippen LogP contribution in [0.5, 0.6) is 0 Å². The molecule has 0 aliphatic heterocycles. The van der Waals surface area contributed by atoms with E-state index in [1.807, 2.05) is 0 Å². The summed E-state index contributed by atoms with van der Waals surface area (Å²) in [6, 6.07) is 0. The SMILES string of the molecule is CCOC(=O)[N+](Cl)(Cl)CC. The lowest BCUT2D eigenvalue weighted by molar-refractivity contribution is -0.606. The van der Waals surface area contributed by atoms with Gasteiger partial charge in [0, 0.05) is 0 Å². The molecule has 0 unspecified atom stereocenters. The number of hydrogen-bond donors (Lipinski definition) is 0. The molecule has 0 bridgehead atoms. The van der Waals surface area contributed by atoms with Gasteiger partial charge < -0.3 is 4.74 Å². The van der Waals surface area contributed by atoms with Gasteiger partial charge in [-0.2, -0.15) is 4.79 Å². The van der Waals surface area contributed by atoms with Crippen molar-refractivity contribution in [2.45, 2.75) is 13.8 Å². The van der Waals surface area contributed by atoms with E-state index >= 15 is 0 Å². The van der Waals surface area contributed by atoms with Crippen molar-refractivity contribution in [2.24, 2.45) is 0 Å². The summed E-state index contributed by atoms with van der Waals surface area (Å²) in [5, 5.41) is 0. The Morgan fingerprint density at radius 3 is 2.30 bits per heavy atom. The number of quaternary nitrogens is 1. The van der Waals surface area contributed by atoms with E-state index in [0.29, 0.717) is 6.54 Å². The van der Waals surface area contributed by atoms with Crippen LogP contribution in [0.1, 0.15) is 13.8 Å². The van der Waals surface area contributed by atoms with E-state index < -0.39 is 9.61 Å². The van der Waals surface area contributed by atoms with Gasteiger partial charge in [0.2, 0.25) is 0 Å². The number of hydrogen-bond acceptors (Lipinski definition) is 2. The molecule has 5 heteroatoms. The Labute approximate surface area is 70.3 Å². The molecular weight excluding hydrogens is 177 g/mol. The predicted molar refractivity (Wildman–Crippen MR) is 39.5 cm³/mol. The van der Waals surface area contributed by atoms with Crippen LogP contribution in [0.3, 0.4) is 0 Å². The molecule has 0 heterocycles. The number of nitrogens with zero attached hydrogens (tertiary/aromatic N) is 1. The fraction of sp³-hybridized carbons (Fsp3) is 0.800. The summed E-state index contributed by atoms with van der Waals surface area (Å²) in [6.45, 7) is 3.97. The first-order chi connectivity index (χ1) is 4.54. The minimum atomic E-state index is -0.756. The van der Waals surface area contributed by atoms with E-state index in [4.69, 9.17) is 23.6 Å². The molecule has 0 spiro atoms. The summed E-state index contributed by atoms with van der Waals surface area (Å²) in [5.74, 6) is 0. The normalized spacial score (nSPS) is 11.2. The highest BCUT2D eigenvalue weighted by Gasteiger charge is 2.35. The first-order valence-corrected chi connectivity index (χ1v) is 3.67. The number of amides is 1. The largest absolute Gasteiger partial charge is 0.553 e. The maximum absolute atomic E-state index is 10.8. The van der Waals surface area contributed by atoms with Gasteiger partial charge >= 0.3 is 6.09 Å². The van der Waals surface area contributed by atoms with Crippen molar-refractivity contribution in [2.75, 3.05) is 13.2 Å². The van der Waals surface area contributed by atoms with E-state index in [0.717, 1.165) is 0 Å². The van der Waals surface area contributed by atoms with Crippen LogP contribution in [0.15, 0.2) is 0 Å². The highest BCUT2D eigenvalue weighted by molar-refractivity contribution is 6.28. The molecule has 0 saturated heterocycles. The Morgan fingerprint density at radius 2 is 2.00 bits per heavy atom. The maximum atomic E-state index is 10.8. The maximum Gasteiger partial charge on any atom is 0.553 e. The average Bonchev–Trinajstić information content (AvgIpc) is 1.89. The van der Waals surface area contributed by atoms with Crippen molar-refractivity contribution in [1.29, 1.82) is 0 Å². The molecule has 60 valence electrons. The molecule has 10 heavy (non-hydrogen) atoms. The van der Waals surface area contributed by atoms with Crippen molar-refractivity contribution in [3.05, 3.63) is 0 Å². The molecule has 1 amide bonds. The fourth-order valence-electron chi connectivity index (χ4n) is 0.347. The number of carbonyl (C=O) groups excluding carboxylic acids is 1. The van der Waals surface area contributed by atoms with E-state index in [-0.39, 0.29) is 6.61 Å². The smallest absolute Gasteiger partial charge is 0.418 e. The standard InChI is InChI=1S/C5H10Cl2NO2/c1-3-8(6,7)5(9)10-4-2/h3-4H2,1-2H3/q+1. The summed E-state index contributed by atoms with van der Waals surface area (Å²) < 4.78 is 3.81. The molecule has 0 saturated carbocycles. The zero-order chi connectivity index (χ0) is 8.20. The van der Waals surface area contributed by atoms with Gasteiger partial charge in [-0.25, -0.2) is 0 Å². The van der Waals surface area contributed by atoms with Crippen molar-refractivity contribution in [1.82, 2.24) is 0 Å². The number of carbonyl (C=O) groups is 1. The number of ether oxygens (including phenoxy) is 1. The molecule has 0 rings (SSSR count). The Balaban J connectivity index is 3.91. The second-order valence-electron chi connectivity index (χ2n) is 1.65. The van der Waals surface area contributed by atoms with Crippen LogP contribution in [-0.2, 0) is 4.74 Å². The molecule has 0 N–H and O–H groups in total. The van der Waals surface area contributed by atoms with Gasteiger partial charge in [-0.1, -0.05) is 0 Å². The Hall–Kier alpha value is 0.01000. The van der Waals surface area contributed by atoms with E-state index in [2.05, 4.69) is 4.74 Å². The predicted octanol–water partition coefficient (Wildman–Crippen LogP) is 2.29. The summed E-state index contributed by atoms with van der Waals surface area (Å²) in [7, 11) is 0. The molecule has 0 atom stereocenters. The lowest BCUT2D eigenvalue weighted by Gasteiger charge is -2.11. The van der Waals surface area contributed by atoms with Gasteiger partial charge in [-0.3, -0.25) is 0 Å². The van der Waals surface area contributed by atoms with Gasteiger partial charge in [0.05, 0.1) is 6.61 Å². The van der Waals surface area contributed by atoms with Gasteiger partial charge in [0.25, 0.3) is 0 Å². The summed E-state index contributed by atoms with van der Waals surface area (Å²) in [6.07, 6.45) is -0.631. The van der Waals surface area contributed by atoms with Crippen molar-refractivity contribution < 1.29 is 13.1 Å². The quantitative estimate of drug-likeness (QED) is 0.620. The second kappa shape index (κ2) is 4.01. The van der Waals surface area contributed by atoms with E-state index in [9.17, 15) is 4.79 Å². The zero-order valence-electron chi connectivity index (χ0n) is 5.93. The van der Waals surface area contributed by atoms with E-state index in [1.54, 1.807) is 13.8 Å². The van der Waals surface area contributed by atoms with Crippen molar-refractivity contribution in [3.63, 3.8) is 0 Å². The highest BCUT2D eigenvalue weighted by Crippen LogP contribution is 2.18. The second-order valence-corrected chi connectivity index (χ2v) is 2.97. The lowest BCUT2D eigenvalue weighted by Crippen LogP contribution is -2.34. The van der Waals surface area contributed by atoms with Gasteiger partial charge in [0.15, 0.2) is 23.6 Å². The molecule has 3 nitrogen and oxygen atoms in total. The average molecular weight is 187 g/mol. The summed E-state index contributed by atoms with van der Waals surface area (Å²) >= 11 is 11.0. The minimum absolute atomic E-state index is 0.290. The Kier molecular flexibility index (Phi) is 4.01. The van der Waals surface area contributed by atoms with Gasteiger partial charge in [-0.15, -0.1) is 0 Å².